The van der Waals surface area contributed by atoms with Crippen LogP contribution in [0.25, 0.3) is 0 Å². The summed E-state index contributed by atoms with van der Waals surface area (Å²) in [5.74, 6) is 0.0689. The van der Waals surface area contributed by atoms with E-state index in [1.54, 1.807) is 35.4 Å². The van der Waals surface area contributed by atoms with Crippen LogP contribution in [0.3, 0.4) is 0 Å². The third-order valence-electron chi connectivity index (χ3n) is 4.14. The molecule has 6 heteroatoms. The topological polar surface area (TPSA) is 46.6 Å². The highest BCUT2D eigenvalue weighted by molar-refractivity contribution is 7.83. The van der Waals surface area contributed by atoms with Crippen LogP contribution in [0.4, 0.5) is 4.39 Å². The van der Waals surface area contributed by atoms with Gasteiger partial charge < -0.3 is 9.64 Å². The van der Waals surface area contributed by atoms with Gasteiger partial charge in [0.25, 0.3) is 5.91 Å². The van der Waals surface area contributed by atoms with Crippen LogP contribution in [0.5, 0.6) is 0 Å². The molecule has 1 aliphatic rings. The zero-order valence-electron chi connectivity index (χ0n) is 14.0. The zero-order valence-corrected chi connectivity index (χ0v) is 14.8. The maximum atomic E-state index is 13.1. The van der Waals surface area contributed by atoms with Gasteiger partial charge in [-0.3, -0.25) is 9.00 Å². The highest BCUT2D eigenvalue weighted by Gasteiger charge is 2.26. The van der Waals surface area contributed by atoms with Crippen molar-refractivity contribution < 1.29 is 18.1 Å². The molecule has 1 fully saturated rings. The molecule has 0 spiro atoms. The molecule has 0 aromatic heterocycles. The van der Waals surface area contributed by atoms with E-state index >= 15 is 0 Å². The first-order chi connectivity index (χ1) is 12.0. The van der Waals surface area contributed by atoms with E-state index in [1.165, 1.54) is 12.1 Å². The highest BCUT2D eigenvalue weighted by atomic mass is 32.2. The van der Waals surface area contributed by atoms with Crippen molar-refractivity contribution in [2.45, 2.75) is 11.9 Å². The normalized spacial score (nSPS) is 18.8. The molecule has 1 amide bonds. The molecule has 25 heavy (non-hydrogen) atoms. The molecule has 0 bridgehead atoms. The fourth-order valence-corrected chi connectivity index (χ4v) is 3.57. The van der Waals surface area contributed by atoms with E-state index in [1.807, 2.05) is 12.1 Å². The molecule has 1 heterocycles. The average Bonchev–Trinajstić information content (AvgIpc) is 2.61. The van der Waals surface area contributed by atoms with Gasteiger partial charge in [0.05, 0.1) is 13.2 Å². The van der Waals surface area contributed by atoms with Crippen LogP contribution in [0.15, 0.2) is 48.5 Å². The first-order valence-corrected chi connectivity index (χ1v) is 9.81. The zero-order chi connectivity index (χ0) is 17.8. The van der Waals surface area contributed by atoms with Crippen molar-refractivity contribution in [1.29, 1.82) is 0 Å². The maximum Gasteiger partial charge on any atom is 0.254 e. The third kappa shape index (κ3) is 4.52. The Hall–Kier alpha value is -2.05. The first kappa shape index (κ1) is 17.8. The summed E-state index contributed by atoms with van der Waals surface area (Å²) in [5, 5.41) is 0. The number of amides is 1. The van der Waals surface area contributed by atoms with Crippen molar-refractivity contribution in [3.63, 3.8) is 0 Å². The number of nitrogens with zero attached hydrogens (tertiary/aromatic N) is 1. The summed E-state index contributed by atoms with van der Waals surface area (Å²) < 4.78 is 30.2. The van der Waals surface area contributed by atoms with E-state index in [-0.39, 0.29) is 17.8 Å². The molecule has 0 aliphatic carbocycles. The monoisotopic (exact) mass is 361 g/mol. The minimum Gasteiger partial charge on any atom is -0.370 e. The molecule has 132 valence electrons. The minimum absolute atomic E-state index is 0.0702. The Balaban J connectivity index is 1.73. The molecule has 4 nitrogen and oxygen atoms in total. The Bertz CT molecular complexity index is 778. The van der Waals surface area contributed by atoms with Crippen LogP contribution in [0.2, 0.25) is 0 Å². The van der Waals surface area contributed by atoms with Crippen LogP contribution >= 0.6 is 0 Å². The quantitative estimate of drug-likeness (QED) is 0.841. The summed E-state index contributed by atoms with van der Waals surface area (Å²) in [5.41, 5.74) is 2.33. The number of rotatable bonds is 4. The van der Waals surface area contributed by atoms with Gasteiger partial charge in [-0.2, -0.15) is 0 Å². The van der Waals surface area contributed by atoms with E-state index in [0.29, 0.717) is 31.0 Å². The molecule has 0 saturated carbocycles. The van der Waals surface area contributed by atoms with Crippen LogP contribution in [0.1, 0.15) is 27.6 Å². The molecule has 3 rings (SSSR count). The van der Waals surface area contributed by atoms with E-state index in [4.69, 9.17) is 4.74 Å². The maximum absolute atomic E-state index is 13.1. The average molecular weight is 361 g/mol. The van der Waals surface area contributed by atoms with Crippen molar-refractivity contribution in [3.05, 3.63) is 71.0 Å². The fourth-order valence-electron chi connectivity index (χ4n) is 2.92. The standard InChI is InChI=1S/C19H20FNO3S/c1-25(23)13-14-3-2-4-16(11-14)19(22)21-9-10-24-18(12-21)15-5-7-17(20)8-6-15/h2-8,11,18H,9-10,12-13H2,1H3. The Morgan fingerprint density at radius 1 is 1.28 bits per heavy atom. The van der Waals surface area contributed by atoms with E-state index in [2.05, 4.69) is 0 Å². The molecule has 2 aromatic carbocycles. The summed E-state index contributed by atoms with van der Waals surface area (Å²) in [6.45, 7) is 1.38. The van der Waals surface area contributed by atoms with E-state index < -0.39 is 10.8 Å². The summed E-state index contributed by atoms with van der Waals surface area (Å²) in [6.07, 6.45) is 1.38. The van der Waals surface area contributed by atoms with Gasteiger partial charge in [-0.05, 0) is 35.4 Å². The molecule has 1 aliphatic heterocycles. The first-order valence-electron chi connectivity index (χ1n) is 8.08. The van der Waals surface area contributed by atoms with Gasteiger partial charge in [-0.15, -0.1) is 0 Å². The predicted molar refractivity (Wildman–Crippen MR) is 95.2 cm³/mol. The third-order valence-corrected chi connectivity index (χ3v) is 4.88. The summed E-state index contributed by atoms with van der Waals surface area (Å²) in [6, 6.07) is 13.4. The number of halogens is 1. The van der Waals surface area contributed by atoms with Crippen LogP contribution in [-0.4, -0.2) is 41.0 Å². The van der Waals surface area contributed by atoms with Gasteiger partial charge in [0.2, 0.25) is 0 Å². The van der Waals surface area contributed by atoms with Crippen molar-refractivity contribution in [2.75, 3.05) is 26.0 Å². The minimum atomic E-state index is -0.951. The second-order valence-corrected chi connectivity index (χ2v) is 7.52. The molecule has 0 N–H and O–H groups in total. The summed E-state index contributed by atoms with van der Waals surface area (Å²) in [4.78, 5) is 14.6. The summed E-state index contributed by atoms with van der Waals surface area (Å²) in [7, 11) is -0.951. The Morgan fingerprint density at radius 2 is 2.04 bits per heavy atom. The van der Waals surface area contributed by atoms with Gasteiger partial charge in [0.15, 0.2) is 0 Å². The van der Waals surface area contributed by atoms with Gasteiger partial charge in [0, 0.05) is 34.9 Å². The van der Waals surface area contributed by atoms with Crippen molar-refractivity contribution in [1.82, 2.24) is 4.90 Å². The fraction of sp³-hybridized carbons (Fsp3) is 0.316. The van der Waals surface area contributed by atoms with Gasteiger partial charge >= 0.3 is 0 Å². The Labute approximate surface area is 149 Å². The molecular formula is C19H20FNO3S. The Kier molecular flexibility index (Phi) is 5.60. The molecule has 0 radical (unpaired) electrons. The van der Waals surface area contributed by atoms with Gasteiger partial charge in [-0.1, -0.05) is 24.3 Å². The number of carbonyl (C=O) groups excluding carboxylic acids is 1. The van der Waals surface area contributed by atoms with Crippen LogP contribution in [0, 0.1) is 5.82 Å². The second kappa shape index (κ2) is 7.89. The highest BCUT2D eigenvalue weighted by Crippen LogP contribution is 2.23. The lowest BCUT2D eigenvalue weighted by Gasteiger charge is -2.33. The van der Waals surface area contributed by atoms with E-state index in [0.717, 1.165) is 11.1 Å². The molecule has 1 saturated heterocycles. The van der Waals surface area contributed by atoms with E-state index in [9.17, 15) is 13.4 Å². The number of hydrogen-bond donors (Lipinski definition) is 0. The Morgan fingerprint density at radius 3 is 2.76 bits per heavy atom. The molecule has 2 aromatic rings. The molecule has 2 atom stereocenters. The number of carbonyl (C=O) groups is 1. The molecule has 2 unspecified atom stereocenters. The lowest BCUT2D eigenvalue weighted by molar-refractivity contribution is -0.0228. The number of hydrogen-bond acceptors (Lipinski definition) is 3. The SMILES string of the molecule is CS(=O)Cc1cccc(C(=O)N2CCOC(c3ccc(F)cc3)C2)c1. The predicted octanol–water partition coefficient (Wildman–Crippen LogP) is 2.92. The van der Waals surface area contributed by atoms with Gasteiger partial charge in [0.1, 0.15) is 11.9 Å². The lowest BCUT2D eigenvalue weighted by atomic mass is 10.1. The number of ether oxygens (including phenoxy) is 1. The van der Waals surface area contributed by atoms with Crippen LogP contribution in [-0.2, 0) is 21.3 Å². The van der Waals surface area contributed by atoms with Crippen molar-refractivity contribution in [2.24, 2.45) is 0 Å². The second-order valence-electron chi connectivity index (χ2n) is 6.08. The number of benzene rings is 2. The van der Waals surface area contributed by atoms with Crippen molar-refractivity contribution in [3.8, 4) is 0 Å². The largest absolute Gasteiger partial charge is 0.370 e. The molecular weight excluding hydrogens is 341 g/mol. The van der Waals surface area contributed by atoms with Gasteiger partial charge in [-0.25, -0.2) is 4.39 Å². The van der Waals surface area contributed by atoms with Crippen LogP contribution < -0.4 is 0 Å². The smallest absolute Gasteiger partial charge is 0.254 e. The summed E-state index contributed by atoms with van der Waals surface area (Å²) >= 11 is 0. The lowest BCUT2D eigenvalue weighted by Crippen LogP contribution is -2.42. The number of morpholine rings is 1. The van der Waals surface area contributed by atoms with Crippen molar-refractivity contribution >= 4 is 16.7 Å².